The van der Waals surface area contributed by atoms with Gasteiger partial charge in [0.15, 0.2) is 0 Å². The molecule has 0 unspecified atom stereocenters. The predicted molar refractivity (Wildman–Crippen MR) is 126 cm³/mol. The number of fused-ring (bicyclic) bond motifs is 1. The lowest BCUT2D eigenvalue weighted by molar-refractivity contribution is 0.175. The average Bonchev–Trinajstić information content (AvgIpc) is 3.35. The Balaban J connectivity index is 1.59. The molecule has 8 heteroatoms. The molecule has 3 aromatic rings. The molecule has 5 rings (SSSR count). The van der Waals surface area contributed by atoms with Crippen molar-refractivity contribution in [2.75, 3.05) is 25.1 Å². The number of rotatable bonds is 4. The molecule has 1 amide bonds. The van der Waals surface area contributed by atoms with Crippen LogP contribution in [0.5, 0.6) is 11.6 Å². The van der Waals surface area contributed by atoms with Crippen LogP contribution in [0, 0.1) is 0 Å². The van der Waals surface area contributed by atoms with Crippen LogP contribution in [0.3, 0.4) is 0 Å². The minimum absolute atomic E-state index is 0.0427. The van der Waals surface area contributed by atoms with E-state index in [-0.39, 0.29) is 12.1 Å². The van der Waals surface area contributed by atoms with E-state index in [4.69, 9.17) is 9.47 Å². The Labute approximate surface area is 193 Å². The van der Waals surface area contributed by atoms with Gasteiger partial charge in [0.2, 0.25) is 5.88 Å². The molecule has 0 bridgehead atoms. The van der Waals surface area contributed by atoms with Crippen molar-refractivity contribution in [2.45, 2.75) is 44.7 Å². The Bertz CT molecular complexity index is 1120. The van der Waals surface area contributed by atoms with E-state index >= 15 is 0 Å². The molecule has 0 radical (unpaired) electrons. The number of hydrogen-bond acceptors (Lipinski definition) is 6. The van der Waals surface area contributed by atoms with E-state index < -0.39 is 0 Å². The first-order valence-electron chi connectivity index (χ1n) is 11.5. The van der Waals surface area contributed by atoms with Crippen molar-refractivity contribution < 1.29 is 14.3 Å². The van der Waals surface area contributed by atoms with E-state index in [1.165, 1.54) is 7.11 Å². The minimum atomic E-state index is -0.362. The minimum Gasteiger partial charge on any atom is -0.452 e. The van der Waals surface area contributed by atoms with Gasteiger partial charge in [-0.3, -0.25) is 9.58 Å². The SMILES string of the molecule is COC(=O)N1c2ccc(-c3cnn(C4CCNCC4)c3)c(Oc3ccccn3)c2CC[C@@H]1C. The lowest BCUT2D eigenvalue weighted by Crippen LogP contribution is -2.42. The molecule has 33 heavy (non-hydrogen) atoms. The number of ether oxygens (including phenoxy) is 2. The highest BCUT2D eigenvalue weighted by molar-refractivity contribution is 5.92. The van der Waals surface area contributed by atoms with Crippen LogP contribution < -0.4 is 15.0 Å². The second kappa shape index (κ2) is 9.23. The molecule has 1 N–H and O–H groups in total. The number of carbonyl (C=O) groups excluding carboxylic acids is 1. The van der Waals surface area contributed by atoms with E-state index in [2.05, 4.69) is 26.3 Å². The van der Waals surface area contributed by atoms with Crippen LogP contribution in [0.2, 0.25) is 0 Å². The molecule has 8 nitrogen and oxygen atoms in total. The number of aromatic nitrogens is 3. The van der Waals surface area contributed by atoms with E-state index in [0.29, 0.717) is 11.9 Å². The maximum absolute atomic E-state index is 12.6. The molecule has 1 aromatic carbocycles. The molecule has 2 aromatic heterocycles. The summed E-state index contributed by atoms with van der Waals surface area (Å²) in [5.74, 6) is 1.23. The molecule has 4 heterocycles. The summed E-state index contributed by atoms with van der Waals surface area (Å²) in [5.41, 5.74) is 3.74. The van der Waals surface area contributed by atoms with Gasteiger partial charge in [0, 0.05) is 41.2 Å². The monoisotopic (exact) mass is 447 g/mol. The Morgan fingerprint density at radius 3 is 2.76 bits per heavy atom. The molecular formula is C25H29N5O3. The molecule has 2 aliphatic rings. The van der Waals surface area contributed by atoms with Crippen LogP contribution in [-0.2, 0) is 11.2 Å². The molecular weight excluding hydrogens is 418 g/mol. The maximum atomic E-state index is 12.6. The maximum Gasteiger partial charge on any atom is 0.414 e. The molecule has 1 atom stereocenters. The van der Waals surface area contributed by atoms with Gasteiger partial charge < -0.3 is 14.8 Å². The van der Waals surface area contributed by atoms with Crippen molar-refractivity contribution in [1.82, 2.24) is 20.1 Å². The van der Waals surface area contributed by atoms with Crippen LogP contribution in [-0.4, -0.2) is 47.1 Å². The number of carbonyl (C=O) groups is 1. The van der Waals surface area contributed by atoms with Crippen molar-refractivity contribution >= 4 is 11.8 Å². The largest absolute Gasteiger partial charge is 0.452 e. The second-order valence-corrected chi connectivity index (χ2v) is 8.63. The average molecular weight is 448 g/mol. The zero-order chi connectivity index (χ0) is 22.8. The van der Waals surface area contributed by atoms with Crippen molar-refractivity contribution in [2.24, 2.45) is 0 Å². The number of nitrogens with one attached hydrogen (secondary N) is 1. The number of anilines is 1. The Morgan fingerprint density at radius 2 is 2.00 bits per heavy atom. The van der Waals surface area contributed by atoms with Crippen LogP contribution in [0.15, 0.2) is 48.9 Å². The fourth-order valence-corrected chi connectivity index (χ4v) is 4.79. The molecule has 0 aliphatic carbocycles. The number of piperidine rings is 1. The lowest BCUT2D eigenvalue weighted by Gasteiger charge is -2.35. The molecule has 172 valence electrons. The first-order chi connectivity index (χ1) is 16.2. The van der Waals surface area contributed by atoms with Crippen molar-refractivity contribution in [3.63, 3.8) is 0 Å². The van der Waals surface area contributed by atoms with Crippen molar-refractivity contribution in [3.05, 3.63) is 54.5 Å². The van der Waals surface area contributed by atoms with Gasteiger partial charge in [-0.1, -0.05) is 6.07 Å². The van der Waals surface area contributed by atoms with Gasteiger partial charge in [-0.25, -0.2) is 9.78 Å². The van der Waals surface area contributed by atoms with Crippen LogP contribution in [0.1, 0.15) is 37.8 Å². The summed E-state index contributed by atoms with van der Waals surface area (Å²) in [5, 5.41) is 8.08. The second-order valence-electron chi connectivity index (χ2n) is 8.63. The highest BCUT2D eigenvalue weighted by Crippen LogP contribution is 2.44. The Morgan fingerprint density at radius 1 is 1.15 bits per heavy atom. The number of nitrogens with zero attached hydrogens (tertiary/aromatic N) is 4. The van der Waals surface area contributed by atoms with Crippen LogP contribution >= 0.6 is 0 Å². The van der Waals surface area contributed by atoms with E-state index in [0.717, 1.165) is 66.9 Å². The quantitative estimate of drug-likeness (QED) is 0.631. The van der Waals surface area contributed by atoms with Gasteiger partial charge in [0.05, 0.1) is 25.0 Å². The lowest BCUT2D eigenvalue weighted by atomic mass is 9.92. The van der Waals surface area contributed by atoms with Crippen LogP contribution in [0.25, 0.3) is 11.1 Å². The third-order valence-corrected chi connectivity index (χ3v) is 6.56. The highest BCUT2D eigenvalue weighted by Gasteiger charge is 2.32. The van der Waals surface area contributed by atoms with Gasteiger partial charge in [-0.2, -0.15) is 5.10 Å². The molecule has 2 aliphatic heterocycles. The number of methoxy groups -OCH3 is 1. The number of hydrogen-bond donors (Lipinski definition) is 1. The van der Waals surface area contributed by atoms with E-state index in [1.54, 1.807) is 11.1 Å². The molecule has 1 saturated heterocycles. The Hall–Kier alpha value is -3.39. The third kappa shape index (κ3) is 4.18. The first kappa shape index (κ1) is 21.5. The third-order valence-electron chi connectivity index (χ3n) is 6.56. The predicted octanol–water partition coefficient (Wildman–Crippen LogP) is 4.57. The number of pyridine rings is 1. The number of benzene rings is 1. The summed E-state index contributed by atoms with van der Waals surface area (Å²) < 4.78 is 13.5. The normalized spacial score (nSPS) is 18.6. The van der Waals surface area contributed by atoms with Crippen molar-refractivity contribution in [1.29, 1.82) is 0 Å². The van der Waals surface area contributed by atoms with Gasteiger partial charge in [0.1, 0.15) is 5.75 Å². The standard InChI is InChI=1S/C25H29N5O3/c1-17-6-7-21-22(30(17)25(31)32-2)9-8-20(24(21)33-23-5-3-4-12-27-23)18-15-28-29(16-18)19-10-13-26-14-11-19/h3-5,8-9,12,15-17,19,26H,6-7,10-11,13-14H2,1-2H3/t17-/m0/s1. The summed E-state index contributed by atoms with van der Waals surface area (Å²) in [6.07, 6.45) is 9.09. The summed E-state index contributed by atoms with van der Waals surface area (Å²) in [4.78, 5) is 18.7. The van der Waals surface area contributed by atoms with Gasteiger partial charge in [0.25, 0.3) is 0 Å². The summed E-state index contributed by atoms with van der Waals surface area (Å²) in [6.45, 7) is 4.05. The fraction of sp³-hybridized carbons (Fsp3) is 0.400. The smallest absolute Gasteiger partial charge is 0.414 e. The number of amides is 1. The summed E-state index contributed by atoms with van der Waals surface area (Å²) in [7, 11) is 1.41. The Kier molecular flexibility index (Phi) is 6.00. The molecule has 0 spiro atoms. The molecule has 1 fully saturated rings. The highest BCUT2D eigenvalue weighted by atomic mass is 16.5. The van der Waals surface area contributed by atoms with Crippen LogP contribution in [0.4, 0.5) is 10.5 Å². The topological polar surface area (TPSA) is 81.5 Å². The fourth-order valence-electron chi connectivity index (χ4n) is 4.79. The van der Waals surface area contributed by atoms with Gasteiger partial charge in [-0.05, 0) is 63.9 Å². The summed E-state index contributed by atoms with van der Waals surface area (Å²) in [6, 6.07) is 10.0. The molecule has 0 saturated carbocycles. The van der Waals surface area contributed by atoms with Gasteiger partial charge in [-0.15, -0.1) is 0 Å². The zero-order valence-corrected chi connectivity index (χ0v) is 19.0. The van der Waals surface area contributed by atoms with E-state index in [9.17, 15) is 4.79 Å². The van der Waals surface area contributed by atoms with Crippen molar-refractivity contribution in [3.8, 4) is 22.8 Å². The zero-order valence-electron chi connectivity index (χ0n) is 19.0. The van der Waals surface area contributed by atoms with E-state index in [1.807, 2.05) is 43.5 Å². The van der Waals surface area contributed by atoms with Gasteiger partial charge >= 0.3 is 6.09 Å². The summed E-state index contributed by atoms with van der Waals surface area (Å²) >= 11 is 0. The first-order valence-corrected chi connectivity index (χ1v) is 11.5.